The third-order valence-electron chi connectivity index (χ3n) is 2.90. The van der Waals surface area contributed by atoms with E-state index in [2.05, 4.69) is 81.5 Å². The average Bonchev–Trinajstić information content (AvgIpc) is 2.41. The Morgan fingerprint density at radius 3 is 1.53 bits per heavy atom. The largest absolute Gasteiger partial charge is 0.294 e. The standard InChI is InChI=1S/C16H18BrN.ClH/c17-11-12-18(13-15-7-3-1-4-8-15)14-16-9-5-2-6-10-16;/h1-10H,11-14H2;1H. The Bertz CT molecular complexity index is 405. The van der Waals surface area contributed by atoms with E-state index in [1.54, 1.807) is 0 Å². The second kappa shape index (κ2) is 9.13. The van der Waals surface area contributed by atoms with Crippen molar-refractivity contribution in [3.05, 3.63) is 71.8 Å². The van der Waals surface area contributed by atoms with Gasteiger partial charge in [-0.05, 0) is 11.1 Å². The minimum Gasteiger partial charge on any atom is -0.294 e. The van der Waals surface area contributed by atoms with Crippen LogP contribution in [-0.2, 0) is 13.1 Å². The van der Waals surface area contributed by atoms with Crippen LogP contribution in [0.25, 0.3) is 0 Å². The molecule has 19 heavy (non-hydrogen) atoms. The third kappa shape index (κ3) is 5.77. The molecule has 0 saturated heterocycles. The first-order valence-electron chi connectivity index (χ1n) is 6.24. The van der Waals surface area contributed by atoms with Gasteiger partial charge < -0.3 is 0 Å². The molecule has 0 aliphatic rings. The Morgan fingerprint density at radius 1 is 0.737 bits per heavy atom. The van der Waals surface area contributed by atoms with Crippen LogP contribution < -0.4 is 0 Å². The van der Waals surface area contributed by atoms with Gasteiger partial charge in [0.25, 0.3) is 0 Å². The van der Waals surface area contributed by atoms with Gasteiger partial charge in [0.2, 0.25) is 0 Å². The fraction of sp³-hybridized carbons (Fsp3) is 0.250. The van der Waals surface area contributed by atoms with Gasteiger partial charge in [-0.1, -0.05) is 76.6 Å². The average molecular weight is 341 g/mol. The van der Waals surface area contributed by atoms with E-state index in [0.717, 1.165) is 25.0 Å². The first-order valence-corrected chi connectivity index (χ1v) is 7.37. The van der Waals surface area contributed by atoms with Crippen molar-refractivity contribution in [3.63, 3.8) is 0 Å². The maximum absolute atomic E-state index is 3.54. The second-order valence-electron chi connectivity index (χ2n) is 4.37. The highest BCUT2D eigenvalue weighted by Crippen LogP contribution is 2.10. The molecule has 0 radical (unpaired) electrons. The molecule has 0 N–H and O–H groups in total. The molecule has 0 heterocycles. The van der Waals surface area contributed by atoms with Crippen LogP contribution in [0.15, 0.2) is 60.7 Å². The molecule has 0 bridgehead atoms. The van der Waals surface area contributed by atoms with Crippen molar-refractivity contribution in [2.24, 2.45) is 0 Å². The van der Waals surface area contributed by atoms with E-state index < -0.39 is 0 Å². The van der Waals surface area contributed by atoms with Crippen molar-refractivity contribution in [2.45, 2.75) is 13.1 Å². The van der Waals surface area contributed by atoms with Crippen molar-refractivity contribution in [3.8, 4) is 0 Å². The number of alkyl halides is 1. The summed E-state index contributed by atoms with van der Waals surface area (Å²) >= 11 is 3.54. The minimum absolute atomic E-state index is 0. The molecule has 3 heteroatoms. The van der Waals surface area contributed by atoms with Gasteiger partial charge in [-0.25, -0.2) is 0 Å². The molecule has 0 amide bonds. The third-order valence-corrected chi connectivity index (χ3v) is 3.25. The van der Waals surface area contributed by atoms with Crippen molar-refractivity contribution < 1.29 is 0 Å². The van der Waals surface area contributed by atoms with Gasteiger partial charge >= 0.3 is 0 Å². The first kappa shape index (κ1) is 16.2. The second-order valence-corrected chi connectivity index (χ2v) is 5.16. The smallest absolute Gasteiger partial charge is 0.0237 e. The van der Waals surface area contributed by atoms with Crippen LogP contribution in [0.5, 0.6) is 0 Å². The number of halogens is 2. The summed E-state index contributed by atoms with van der Waals surface area (Å²) in [5.74, 6) is 0. The summed E-state index contributed by atoms with van der Waals surface area (Å²) in [6.45, 7) is 3.06. The summed E-state index contributed by atoms with van der Waals surface area (Å²) in [7, 11) is 0. The highest BCUT2D eigenvalue weighted by atomic mass is 79.9. The first-order chi connectivity index (χ1) is 8.88. The summed E-state index contributed by atoms with van der Waals surface area (Å²) in [6, 6.07) is 21.3. The summed E-state index contributed by atoms with van der Waals surface area (Å²) in [4.78, 5) is 2.46. The highest BCUT2D eigenvalue weighted by Gasteiger charge is 2.05. The van der Waals surface area contributed by atoms with Gasteiger partial charge in [0.1, 0.15) is 0 Å². The van der Waals surface area contributed by atoms with Crippen molar-refractivity contribution >= 4 is 28.3 Å². The predicted octanol–water partition coefficient (Wildman–Crippen LogP) is 4.51. The van der Waals surface area contributed by atoms with Crippen LogP contribution in [-0.4, -0.2) is 16.8 Å². The van der Waals surface area contributed by atoms with Crippen LogP contribution >= 0.6 is 28.3 Å². The van der Waals surface area contributed by atoms with Gasteiger partial charge in [0, 0.05) is 25.0 Å². The molecule has 0 saturated carbocycles. The van der Waals surface area contributed by atoms with E-state index in [0.29, 0.717) is 0 Å². The van der Waals surface area contributed by atoms with Crippen molar-refractivity contribution in [2.75, 3.05) is 11.9 Å². The van der Waals surface area contributed by atoms with Crippen LogP contribution in [0.2, 0.25) is 0 Å². The lowest BCUT2D eigenvalue weighted by Gasteiger charge is -2.21. The summed E-state index contributed by atoms with van der Waals surface area (Å²) in [5, 5.41) is 1.01. The Morgan fingerprint density at radius 2 is 1.16 bits per heavy atom. The Balaban J connectivity index is 0.00000180. The van der Waals surface area contributed by atoms with Gasteiger partial charge in [-0.15, -0.1) is 12.4 Å². The number of rotatable bonds is 6. The van der Waals surface area contributed by atoms with Crippen LogP contribution in [0, 0.1) is 0 Å². The SMILES string of the molecule is BrCCN(Cc1ccccc1)Cc1ccccc1.Cl. The van der Waals surface area contributed by atoms with E-state index in [9.17, 15) is 0 Å². The topological polar surface area (TPSA) is 3.24 Å². The fourth-order valence-electron chi connectivity index (χ4n) is 2.02. The molecule has 2 aromatic carbocycles. The number of hydrogen-bond donors (Lipinski definition) is 0. The molecule has 1 nitrogen and oxygen atoms in total. The Kier molecular flexibility index (Phi) is 7.80. The normalized spacial score (nSPS) is 10.2. The molecular weight excluding hydrogens is 322 g/mol. The maximum Gasteiger partial charge on any atom is 0.0237 e. The van der Waals surface area contributed by atoms with Gasteiger partial charge in [-0.2, -0.15) is 0 Å². The molecule has 2 aromatic rings. The lowest BCUT2D eigenvalue weighted by molar-refractivity contribution is 0.274. The zero-order valence-electron chi connectivity index (χ0n) is 10.8. The lowest BCUT2D eigenvalue weighted by Crippen LogP contribution is -2.24. The zero-order valence-corrected chi connectivity index (χ0v) is 13.2. The van der Waals surface area contributed by atoms with Crippen LogP contribution in [0.3, 0.4) is 0 Å². The molecule has 102 valence electrons. The predicted molar refractivity (Wildman–Crippen MR) is 88.0 cm³/mol. The molecule has 0 spiro atoms. The molecule has 0 aromatic heterocycles. The molecule has 2 rings (SSSR count). The highest BCUT2D eigenvalue weighted by molar-refractivity contribution is 9.09. The molecule has 0 aliphatic heterocycles. The van der Waals surface area contributed by atoms with Gasteiger partial charge in [0.15, 0.2) is 0 Å². The van der Waals surface area contributed by atoms with E-state index in [4.69, 9.17) is 0 Å². The van der Waals surface area contributed by atoms with Crippen molar-refractivity contribution in [1.82, 2.24) is 4.90 Å². The molecule has 0 aliphatic carbocycles. The van der Waals surface area contributed by atoms with Gasteiger partial charge in [-0.3, -0.25) is 4.90 Å². The summed E-state index contributed by atoms with van der Waals surface area (Å²) in [5.41, 5.74) is 2.74. The molecule has 0 unspecified atom stereocenters. The number of benzene rings is 2. The van der Waals surface area contributed by atoms with Crippen LogP contribution in [0.1, 0.15) is 11.1 Å². The zero-order chi connectivity index (χ0) is 12.6. The van der Waals surface area contributed by atoms with Crippen LogP contribution in [0.4, 0.5) is 0 Å². The van der Waals surface area contributed by atoms with Crippen molar-refractivity contribution in [1.29, 1.82) is 0 Å². The fourth-order valence-corrected chi connectivity index (χ4v) is 2.52. The lowest BCUT2D eigenvalue weighted by atomic mass is 10.1. The summed E-state index contributed by atoms with van der Waals surface area (Å²) < 4.78 is 0. The molecule has 0 fully saturated rings. The monoisotopic (exact) mass is 339 g/mol. The number of hydrogen-bond acceptors (Lipinski definition) is 1. The quantitative estimate of drug-likeness (QED) is 0.700. The van der Waals surface area contributed by atoms with E-state index in [-0.39, 0.29) is 12.4 Å². The minimum atomic E-state index is 0. The van der Waals surface area contributed by atoms with E-state index in [1.165, 1.54) is 11.1 Å². The Labute approximate surface area is 130 Å². The molecular formula is C16H19BrClN. The van der Waals surface area contributed by atoms with Gasteiger partial charge in [0.05, 0.1) is 0 Å². The van der Waals surface area contributed by atoms with E-state index in [1.807, 2.05) is 0 Å². The number of nitrogens with zero attached hydrogens (tertiary/aromatic N) is 1. The Hall–Kier alpha value is -0.830. The van der Waals surface area contributed by atoms with E-state index >= 15 is 0 Å². The maximum atomic E-state index is 3.54. The molecule has 0 atom stereocenters. The summed E-state index contributed by atoms with van der Waals surface area (Å²) in [6.07, 6.45) is 0.